The zero-order valence-corrected chi connectivity index (χ0v) is 17.2. The second kappa shape index (κ2) is 19.4. The van der Waals surface area contributed by atoms with Crippen molar-refractivity contribution in [3.8, 4) is 0 Å². The van der Waals surface area contributed by atoms with Gasteiger partial charge in [-0.25, -0.2) is 0 Å². The number of alkyl halides is 2. The Morgan fingerprint density at radius 1 is 0.750 bits per heavy atom. The molecule has 0 saturated carbocycles. The maximum atomic E-state index is 11.4. The number of hydrogen-bond donors (Lipinski definition) is 0. The highest BCUT2D eigenvalue weighted by Crippen LogP contribution is 2.15. The molecular formula is C20H38Cl2O2. The molecule has 0 aromatic heterocycles. The van der Waals surface area contributed by atoms with E-state index < -0.39 is 5.38 Å². The molecule has 0 aromatic carbocycles. The summed E-state index contributed by atoms with van der Waals surface area (Å²) in [6.45, 7) is 2.22. The molecule has 0 aliphatic carbocycles. The summed E-state index contributed by atoms with van der Waals surface area (Å²) >= 11 is 11.7. The molecule has 0 heterocycles. The lowest BCUT2D eigenvalue weighted by molar-refractivity contribution is -0.142. The Labute approximate surface area is 160 Å². The van der Waals surface area contributed by atoms with Gasteiger partial charge < -0.3 is 4.74 Å². The van der Waals surface area contributed by atoms with Gasteiger partial charge in [0.05, 0.1) is 6.61 Å². The summed E-state index contributed by atoms with van der Waals surface area (Å²) in [5.74, 6) is 0.552. The van der Waals surface area contributed by atoms with Crippen molar-refractivity contribution in [1.29, 1.82) is 0 Å². The highest BCUT2D eigenvalue weighted by atomic mass is 35.5. The van der Waals surface area contributed by atoms with Crippen LogP contribution in [0.3, 0.4) is 0 Å². The third-order valence-corrected chi connectivity index (χ3v) is 5.05. The first-order valence-electron chi connectivity index (χ1n) is 10.1. The van der Waals surface area contributed by atoms with Crippen LogP contribution in [0.15, 0.2) is 0 Å². The van der Waals surface area contributed by atoms with Gasteiger partial charge in [-0.15, -0.1) is 23.2 Å². The molecule has 0 bridgehead atoms. The van der Waals surface area contributed by atoms with E-state index in [1.54, 1.807) is 0 Å². The van der Waals surface area contributed by atoms with Crippen LogP contribution in [0.2, 0.25) is 0 Å². The summed E-state index contributed by atoms with van der Waals surface area (Å²) in [6.07, 6.45) is 19.0. The van der Waals surface area contributed by atoms with E-state index in [0.29, 0.717) is 6.61 Å². The predicted molar refractivity (Wildman–Crippen MR) is 106 cm³/mol. The molecule has 0 aliphatic heterocycles. The number of carbonyl (C=O) groups is 1. The smallest absolute Gasteiger partial charge is 0.324 e. The third-order valence-electron chi connectivity index (χ3n) is 4.38. The minimum absolute atomic E-state index is 0.266. The van der Waals surface area contributed by atoms with Crippen LogP contribution >= 0.6 is 23.2 Å². The first kappa shape index (κ1) is 24.1. The molecular weight excluding hydrogens is 343 g/mol. The third kappa shape index (κ3) is 16.9. The molecule has 0 fully saturated rings. The van der Waals surface area contributed by atoms with Gasteiger partial charge in [-0.2, -0.15) is 0 Å². The van der Waals surface area contributed by atoms with Gasteiger partial charge in [0.15, 0.2) is 0 Å². The normalized spacial score (nSPS) is 12.3. The maximum absolute atomic E-state index is 11.4. The highest BCUT2D eigenvalue weighted by molar-refractivity contribution is 6.29. The van der Waals surface area contributed by atoms with Gasteiger partial charge in [-0.3, -0.25) is 4.79 Å². The first-order valence-corrected chi connectivity index (χ1v) is 11.1. The fourth-order valence-electron chi connectivity index (χ4n) is 2.89. The quantitative estimate of drug-likeness (QED) is 0.142. The lowest BCUT2D eigenvalue weighted by Gasteiger charge is -2.08. The number of hydrogen-bond acceptors (Lipinski definition) is 2. The summed E-state index contributed by atoms with van der Waals surface area (Å²) in [4.78, 5) is 11.4. The lowest BCUT2D eigenvalue weighted by Crippen LogP contribution is -2.17. The number of carbonyl (C=O) groups excluding carboxylic acids is 1. The number of ether oxygens (including phenoxy) is 1. The fourth-order valence-corrected chi connectivity index (χ4v) is 3.30. The standard InChI is InChI=1S/C20H38Cl2O2/c1-2-24-20(23)19(22)17-15-13-11-9-7-5-3-4-6-8-10-12-14-16-18-21/h19H,2-18H2,1H3. The minimum Gasteiger partial charge on any atom is -0.465 e. The molecule has 4 heteroatoms. The second-order valence-electron chi connectivity index (χ2n) is 6.65. The Kier molecular flexibility index (Phi) is 19.4. The number of rotatable bonds is 18. The van der Waals surface area contributed by atoms with Gasteiger partial charge in [0, 0.05) is 5.88 Å². The van der Waals surface area contributed by atoms with Gasteiger partial charge in [0.2, 0.25) is 0 Å². The van der Waals surface area contributed by atoms with Crippen molar-refractivity contribution in [1.82, 2.24) is 0 Å². The molecule has 24 heavy (non-hydrogen) atoms. The highest BCUT2D eigenvalue weighted by Gasteiger charge is 2.15. The van der Waals surface area contributed by atoms with Crippen LogP contribution in [0.1, 0.15) is 103 Å². The molecule has 0 saturated heterocycles. The Morgan fingerprint density at radius 3 is 1.50 bits per heavy atom. The second-order valence-corrected chi connectivity index (χ2v) is 7.55. The lowest BCUT2D eigenvalue weighted by atomic mass is 10.0. The van der Waals surface area contributed by atoms with Crippen LogP contribution < -0.4 is 0 Å². The van der Waals surface area contributed by atoms with Crippen molar-refractivity contribution in [2.24, 2.45) is 0 Å². The minimum atomic E-state index is -0.458. The van der Waals surface area contributed by atoms with E-state index in [1.807, 2.05) is 6.92 Å². The molecule has 1 atom stereocenters. The van der Waals surface area contributed by atoms with Crippen molar-refractivity contribution in [2.45, 2.75) is 109 Å². The molecule has 0 rings (SSSR count). The maximum Gasteiger partial charge on any atom is 0.324 e. The summed E-state index contributed by atoms with van der Waals surface area (Å²) < 4.78 is 4.90. The zero-order valence-electron chi connectivity index (χ0n) is 15.7. The molecule has 1 unspecified atom stereocenters. The monoisotopic (exact) mass is 380 g/mol. The van der Waals surface area contributed by atoms with Crippen LogP contribution in [-0.4, -0.2) is 23.8 Å². The molecule has 2 nitrogen and oxygen atoms in total. The molecule has 0 aromatic rings. The van der Waals surface area contributed by atoms with Gasteiger partial charge >= 0.3 is 5.97 Å². The summed E-state index contributed by atoms with van der Waals surface area (Å²) in [6, 6.07) is 0. The van der Waals surface area contributed by atoms with Crippen LogP contribution in [0, 0.1) is 0 Å². The number of unbranched alkanes of at least 4 members (excludes halogenated alkanes) is 13. The van der Waals surface area contributed by atoms with Gasteiger partial charge in [0.25, 0.3) is 0 Å². The number of halogens is 2. The van der Waals surface area contributed by atoms with Crippen LogP contribution in [0.4, 0.5) is 0 Å². The van der Waals surface area contributed by atoms with Crippen molar-refractivity contribution < 1.29 is 9.53 Å². The summed E-state index contributed by atoms with van der Waals surface area (Å²) in [5, 5.41) is -0.458. The largest absolute Gasteiger partial charge is 0.465 e. The van der Waals surface area contributed by atoms with Crippen LogP contribution in [-0.2, 0) is 9.53 Å². The topological polar surface area (TPSA) is 26.3 Å². The Hall–Kier alpha value is 0.0500. The van der Waals surface area contributed by atoms with Crippen molar-refractivity contribution >= 4 is 29.2 Å². The van der Waals surface area contributed by atoms with E-state index >= 15 is 0 Å². The fraction of sp³-hybridized carbons (Fsp3) is 0.950. The van der Waals surface area contributed by atoms with Crippen molar-refractivity contribution in [2.75, 3.05) is 12.5 Å². The first-order chi connectivity index (χ1) is 11.7. The Morgan fingerprint density at radius 2 is 1.12 bits per heavy atom. The summed E-state index contributed by atoms with van der Waals surface area (Å²) in [7, 11) is 0. The van der Waals surface area contributed by atoms with E-state index in [1.165, 1.54) is 83.5 Å². The predicted octanol–water partition coefficient (Wildman–Crippen LogP) is 7.25. The molecule has 0 N–H and O–H groups in total. The van der Waals surface area contributed by atoms with Gasteiger partial charge in [0.1, 0.15) is 5.38 Å². The van der Waals surface area contributed by atoms with E-state index in [-0.39, 0.29) is 5.97 Å². The molecule has 0 radical (unpaired) electrons. The SMILES string of the molecule is CCOC(=O)C(Cl)CCCCCCCCCCCCCCCCCl. The van der Waals surface area contributed by atoms with E-state index in [2.05, 4.69) is 0 Å². The average Bonchev–Trinajstić information content (AvgIpc) is 2.58. The zero-order chi connectivity index (χ0) is 17.9. The summed E-state index contributed by atoms with van der Waals surface area (Å²) in [5.41, 5.74) is 0. The van der Waals surface area contributed by atoms with E-state index in [4.69, 9.17) is 27.9 Å². The van der Waals surface area contributed by atoms with E-state index in [0.717, 1.165) is 18.7 Å². The van der Waals surface area contributed by atoms with E-state index in [9.17, 15) is 4.79 Å². The van der Waals surface area contributed by atoms with Gasteiger partial charge in [-0.1, -0.05) is 83.5 Å². The van der Waals surface area contributed by atoms with Crippen molar-refractivity contribution in [3.63, 3.8) is 0 Å². The average molecular weight is 381 g/mol. The van der Waals surface area contributed by atoms with Crippen molar-refractivity contribution in [3.05, 3.63) is 0 Å². The Balaban J connectivity index is 3.14. The molecule has 144 valence electrons. The Bertz CT molecular complexity index is 272. The van der Waals surface area contributed by atoms with Gasteiger partial charge in [-0.05, 0) is 19.8 Å². The van der Waals surface area contributed by atoms with Crippen LogP contribution in [0.5, 0.6) is 0 Å². The van der Waals surface area contributed by atoms with Crippen LogP contribution in [0.25, 0.3) is 0 Å². The number of esters is 1. The molecule has 0 spiro atoms. The molecule has 0 aliphatic rings. The molecule has 0 amide bonds.